The van der Waals surface area contributed by atoms with Crippen molar-refractivity contribution in [3.8, 4) is 33.6 Å². The zero-order chi connectivity index (χ0) is 46.0. The van der Waals surface area contributed by atoms with Gasteiger partial charge in [-0.1, -0.05) is 206 Å². The lowest BCUT2D eigenvalue weighted by atomic mass is 9.67. The minimum Gasteiger partial charge on any atom is -0.309 e. The fourth-order valence-electron chi connectivity index (χ4n) is 13.1. The number of para-hydroxylation sites is 2. The van der Waals surface area contributed by atoms with Crippen LogP contribution in [0, 0.1) is 0 Å². The third kappa shape index (κ3) is 5.12. The van der Waals surface area contributed by atoms with Gasteiger partial charge >= 0.3 is 0 Å². The molecule has 0 aliphatic heterocycles. The fourth-order valence-corrected chi connectivity index (χ4v) is 13.1. The average Bonchev–Trinajstić information content (AvgIpc) is 4.13. The van der Waals surface area contributed by atoms with Crippen molar-refractivity contribution in [2.24, 2.45) is 0 Å². The second-order valence-electron chi connectivity index (χ2n) is 19.1. The fraction of sp³-hybridized carbons (Fsp3) is 0.0294. The Balaban J connectivity index is 1.07. The largest absolute Gasteiger partial charge is 0.309 e. The van der Waals surface area contributed by atoms with Crippen LogP contribution in [0.3, 0.4) is 0 Å². The number of aromatic nitrogens is 2. The number of hydrogen-bond acceptors (Lipinski definition) is 0. The number of rotatable bonds is 6. The van der Waals surface area contributed by atoms with Crippen LogP contribution in [-0.4, -0.2) is 9.13 Å². The summed E-state index contributed by atoms with van der Waals surface area (Å²) in [5.74, 6) is 0. The molecule has 0 spiro atoms. The lowest BCUT2D eigenvalue weighted by molar-refractivity contribution is 0.770. The Hall–Kier alpha value is -8.98. The predicted octanol–water partition coefficient (Wildman–Crippen LogP) is 16.6. The first-order valence-corrected chi connectivity index (χ1v) is 24.4. The molecule has 13 aromatic rings. The number of fused-ring (bicyclic) bond motifs is 12. The molecule has 2 heteroatoms. The summed E-state index contributed by atoms with van der Waals surface area (Å²) in [5.41, 5.74) is 21.4. The summed E-state index contributed by atoms with van der Waals surface area (Å²) in [7, 11) is 0. The van der Waals surface area contributed by atoms with E-state index in [0.717, 1.165) is 11.4 Å². The third-order valence-corrected chi connectivity index (χ3v) is 15.9. The van der Waals surface area contributed by atoms with Crippen LogP contribution in [0.5, 0.6) is 0 Å². The maximum absolute atomic E-state index is 2.52. The minimum atomic E-state index is -0.522. The quantitative estimate of drug-likeness (QED) is 0.157. The topological polar surface area (TPSA) is 9.86 Å². The Morgan fingerprint density at radius 1 is 0.214 bits per heavy atom. The Kier molecular flexibility index (Phi) is 8.24. The van der Waals surface area contributed by atoms with Crippen molar-refractivity contribution in [2.75, 3.05) is 0 Å². The highest BCUT2D eigenvalue weighted by atomic mass is 15.0. The maximum Gasteiger partial charge on any atom is 0.0713 e. The van der Waals surface area contributed by atoms with Gasteiger partial charge < -0.3 is 9.13 Å². The van der Waals surface area contributed by atoms with Crippen LogP contribution >= 0.6 is 0 Å². The van der Waals surface area contributed by atoms with Crippen LogP contribution in [0.1, 0.15) is 44.5 Å². The highest BCUT2D eigenvalue weighted by Crippen LogP contribution is 2.58. The van der Waals surface area contributed by atoms with Crippen LogP contribution in [-0.2, 0) is 10.8 Å². The van der Waals surface area contributed by atoms with E-state index in [2.05, 4.69) is 276 Å². The van der Waals surface area contributed by atoms with E-state index in [9.17, 15) is 0 Å². The first-order valence-electron chi connectivity index (χ1n) is 24.4. The molecular formula is C68H44N2. The monoisotopic (exact) mass is 888 g/mol. The van der Waals surface area contributed by atoms with Gasteiger partial charge in [0, 0.05) is 32.9 Å². The van der Waals surface area contributed by atoms with Crippen molar-refractivity contribution in [3.05, 3.63) is 311 Å². The van der Waals surface area contributed by atoms with E-state index < -0.39 is 10.8 Å². The van der Waals surface area contributed by atoms with Crippen molar-refractivity contribution in [2.45, 2.75) is 10.8 Å². The smallest absolute Gasteiger partial charge is 0.0713 e. The molecule has 2 aliphatic carbocycles. The molecule has 0 unspecified atom stereocenters. The summed E-state index contributed by atoms with van der Waals surface area (Å²) in [6.07, 6.45) is 0. The van der Waals surface area contributed by atoms with Crippen molar-refractivity contribution in [3.63, 3.8) is 0 Å². The SMILES string of the molecule is c1ccc(-n2c3ccc(C4(c5ccccc5)c5ccccc5-c5ccccc54)cc3c3cc4c5cc(C6(c7ccccc7)c7ccccc7-c7ccccc76)ccc5n(-c5ccccc5)c4cc32)cc1. The molecule has 0 atom stereocenters. The van der Waals surface area contributed by atoms with Crippen LogP contribution in [0.2, 0.25) is 0 Å². The van der Waals surface area contributed by atoms with E-state index in [-0.39, 0.29) is 0 Å². The molecule has 0 N–H and O–H groups in total. The van der Waals surface area contributed by atoms with Gasteiger partial charge in [-0.15, -0.1) is 0 Å². The lowest BCUT2D eigenvalue weighted by Crippen LogP contribution is -2.28. The molecule has 0 saturated carbocycles. The maximum atomic E-state index is 2.52. The molecule has 0 radical (unpaired) electrons. The highest BCUT2D eigenvalue weighted by molar-refractivity contribution is 6.19. The predicted molar refractivity (Wildman–Crippen MR) is 290 cm³/mol. The summed E-state index contributed by atoms with van der Waals surface area (Å²) in [6.45, 7) is 0. The second kappa shape index (κ2) is 14.8. The Morgan fingerprint density at radius 3 is 0.871 bits per heavy atom. The summed E-state index contributed by atoms with van der Waals surface area (Å²) in [6, 6.07) is 99.9. The number of nitrogens with zero attached hydrogens (tertiary/aromatic N) is 2. The first kappa shape index (κ1) is 39.1. The average molecular weight is 889 g/mol. The summed E-state index contributed by atoms with van der Waals surface area (Å²) in [5, 5.41) is 4.91. The van der Waals surface area contributed by atoms with Gasteiger partial charge in [-0.2, -0.15) is 0 Å². The molecule has 2 nitrogen and oxygen atoms in total. The van der Waals surface area contributed by atoms with E-state index >= 15 is 0 Å². The van der Waals surface area contributed by atoms with Gasteiger partial charge in [0.2, 0.25) is 0 Å². The molecule has 0 bridgehead atoms. The molecule has 0 saturated heterocycles. The minimum absolute atomic E-state index is 0.522. The van der Waals surface area contributed by atoms with Gasteiger partial charge in [-0.3, -0.25) is 0 Å². The summed E-state index contributed by atoms with van der Waals surface area (Å²) < 4.78 is 4.96. The van der Waals surface area contributed by atoms with Crippen molar-refractivity contribution >= 4 is 43.6 Å². The van der Waals surface area contributed by atoms with Gasteiger partial charge in [0.05, 0.1) is 32.9 Å². The second-order valence-corrected chi connectivity index (χ2v) is 19.1. The number of hydrogen-bond donors (Lipinski definition) is 0. The first-order chi connectivity index (χ1) is 34.7. The Morgan fingerprint density at radius 2 is 0.514 bits per heavy atom. The molecule has 2 heterocycles. The molecule has 11 aromatic carbocycles. The van der Waals surface area contributed by atoms with Crippen LogP contribution < -0.4 is 0 Å². The van der Waals surface area contributed by atoms with Gasteiger partial charge in [-0.25, -0.2) is 0 Å². The van der Waals surface area contributed by atoms with Crippen molar-refractivity contribution in [1.29, 1.82) is 0 Å². The molecule has 0 amide bonds. The standard InChI is InChI=1S/C68H44N2/c1-5-21-45(22-6-1)67(59-33-17-13-29-51(59)52-30-14-18-34-60(52)67)47-37-39-63-55(41-47)57-43-58-56-42-48(68(46-23-7-2-8-24-46)61-35-19-15-31-53(61)54-32-16-20-36-62(54)68)38-40-64(56)70(50-27-11-4-12-28-50)66(58)44-65(57)69(63)49-25-9-3-10-26-49/h1-44H. The zero-order valence-electron chi connectivity index (χ0n) is 38.3. The van der Waals surface area contributed by atoms with Crippen LogP contribution in [0.15, 0.2) is 267 Å². The number of benzene rings is 11. The van der Waals surface area contributed by atoms with Crippen molar-refractivity contribution < 1.29 is 0 Å². The molecule has 2 aliphatic rings. The highest BCUT2D eigenvalue weighted by Gasteiger charge is 2.47. The molecule has 70 heavy (non-hydrogen) atoms. The molecule has 15 rings (SSSR count). The van der Waals surface area contributed by atoms with Gasteiger partial charge in [0.15, 0.2) is 0 Å². The molecule has 0 fully saturated rings. The lowest BCUT2D eigenvalue weighted by Gasteiger charge is -2.34. The van der Waals surface area contributed by atoms with E-state index in [1.807, 2.05) is 0 Å². The Bertz CT molecular complexity index is 3850. The summed E-state index contributed by atoms with van der Waals surface area (Å²) >= 11 is 0. The van der Waals surface area contributed by atoms with Gasteiger partial charge in [-0.05, 0) is 127 Å². The normalized spacial score (nSPS) is 13.9. The van der Waals surface area contributed by atoms with Crippen LogP contribution in [0.4, 0.5) is 0 Å². The molecular weight excluding hydrogens is 845 g/mol. The molecule has 2 aromatic heterocycles. The van der Waals surface area contributed by atoms with E-state index in [1.54, 1.807) is 0 Å². The van der Waals surface area contributed by atoms with E-state index in [1.165, 1.54) is 110 Å². The van der Waals surface area contributed by atoms with Gasteiger partial charge in [0.25, 0.3) is 0 Å². The van der Waals surface area contributed by atoms with Crippen LogP contribution in [0.25, 0.3) is 77.2 Å². The van der Waals surface area contributed by atoms with Crippen molar-refractivity contribution in [1.82, 2.24) is 9.13 Å². The zero-order valence-corrected chi connectivity index (χ0v) is 38.3. The Labute approximate surface area is 406 Å². The summed E-state index contributed by atoms with van der Waals surface area (Å²) in [4.78, 5) is 0. The third-order valence-electron chi connectivity index (χ3n) is 15.9. The molecule has 326 valence electrons. The van der Waals surface area contributed by atoms with E-state index in [4.69, 9.17) is 0 Å². The van der Waals surface area contributed by atoms with E-state index in [0.29, 0.717) is 0 Å². The van der Waals surface area contributed by atoms with Gasteiger partial charge in [0.1, 0.15) is 0 Å².